The molecule has 5 heteroatoms. The second kappa shape index (κ2) is 7.18. The number of allylic oxidation sites excluding steroid dienone is 1. The van der Waals surface area contributed by atoms with E-state index in [1.165, 1.54) is 0 Å². The molecule has 0 saturated heterocycles. The molecular weight excluding hydrogens is 168 g/mol. The Kier molecular flexibility index (Phi) is 6.37. The number of carbonyl (C=O) groups is 1. The SMILES string of the molecule is CCC=C(C)C(=O)NCCN=[N+]=[N-]. The molecule has 0 atom stereocenters. The maximum atomic E-state index is 11.2. The Morgan fingerprint density at radius 2 is 2.38 bits per heavy atom. The van der Waals surface area contributed by atoms with Gasteiger partial charge < -0.3 is 5.32 Å². The molecule has 0 heterocycles. The van der Waals surface area contributed by atoms with Crippen molar-refractivity contribution in [2.45, 2.75) is 20.3 Å². The monoisotopic (exact) mass is 182 g/mol. The van der Waals surface area contributed by atoms with E-state index in [1.807, 2.05) is 13.0 Å². The van der Waals surface area contributed by atoms with Gasteiger partial charge in [0, 0.05) is 23.6 Å². The van der Waals surface area contributed by atoms with Crippen molar-refractivity contribution in [1.82, 2.24) is 5.32 Å². The van der Waals surface area contributed by atoms with Crippen molar-refractivity contribution in [3.05, 3.63) is 22.1 Å². The number of rotatable bonds is 5. The molecule has 1 amide bonds. The predicted octanol–water partition coefficient (Wildman–Crippen LogP) is 1.77. The van der Waals surface area contributed by atoms with E-state index in [-0.39, 0.29) is 5.91 Å². The summed E-state index contributed by atoms with van der Waals surface area (Å²) in [7, 11) is 0. The molecule has 0 aromatic rings. The predicted molar refractivity (Wildman–Crippen MR) is 51.1 cm³/mol. The quantitative estimate of drug-likeness (QED) is 0.227. The highest BCUT2D eigenvalue weighted by atomic mass is 16.1. The number of hydrogen-bond donors (Lipinski definition) is 1. The van der Waals surface area contributed by atoms with Crippen molar-refractivity contribution in [3.63, 3.8) is 0 Å². The van der Waals surface area contributed by atoms with Crippen molar-refractivity contribution in [1.29, 1.82) is 0 Å². The molecule has 0 radical (unpaired) electrons. The molecule has 1 N–H and O–H groups in total. The minimum atomic E-state index is -0.102. The Bertz CT molecular complexity index is 241. The number of nitrogens with zero attached hydrogens (tertiary/aromatic N) is 3. The lowest BCUT2D eigenvalue weighted by atomic mass is 10.2. The van der Waals surface area contributed by atoms with E-state index >= 15 is 0 Å². The Labute approximate surface area is 77.4 Å². The fourth-order valence-electron chi connectivity index (χ4n) is 0.802. The number of azide groups is 1. The van der Waals surface area contributed by atoms with E-state index in [1.54, 1.807) is 6.92 Å². The zero-order valence-corrected chi connectivity index (χ0v) is 7.95. The van der Waals surface area contributed by atoms with Crippen molar-refractivity contribution in [3.8, 4) is 0 Å². The highest BCUT2D eigenvalue weighted by molar-refractivity contribution is 5.92. The van der Waals surface area contributed by atoms with Crippen LogP contribution >= 0.6 is 0 Å². The molecule has 13 heavy (non-hydrogen) atoms. The van der Waals surface area contributed by atoms with Crippen LogP contribution in [-0.2, 0) is 4.79 Å². The largest absolute Gasteiger partial charge is 0.352 e. The molecular formula is C8H14N4O. The van der Waals surface area contributed by atoms with Crippen LogP contribution in [0.1, 0.15) is 20.3 Å². The number of hydrogen-bond acceptors (Lipinski definition) is 2. The van der Waals surface area contributed by atoms with E-state index < -0.39 is 0 Å². The molecule has 0 fully saturated rings. The molecule has 0 aliphatic heterocycles. The van der Waals surface area contributed by atoms with Gasteiger partial charge in [-0.25, -0.2) is 0 Å². The van der Waals surface area contributed by atoms with Crippen LogP contribution in [0.15, 0.2) is 16.8 Å². The van der Waals surface area contributed by atoms with Crippen LogP contribution in [0.4, 0.5) is 0 Å². The third-order valence-electron chi connectivity index (χ3n) is 1.43. The molecule has 0 aliphatic carbocycles. The van der Waals surface area contributed by atoms with Crippen LogP contribution in [0, 0.1) is 0 Å². The molecule has 5 nitrogen and oxygen atoms in total. The van der Waals surface area contributed by atoms with Gasteiger partial charge in [-0.05, 0) is 18.9 Å². The zero-order chi connectivity index (χ0) is 10.1. The number of carbonyl (C=O) groups excluding carboxylic acids is 1. The molecule has 0 spiro atoms. The topological polar surface area (TPSA) is 77.9 Å². The minimum Gasteiger partial charge on any atom is -0.352 e. The maximum absolute atomic E-state index is 11.2. The summed E-state index contributed by atoms with van der Waals surface area (Å²) in [4.78, 5) is 13.8. The summed E-state index contributed by atoms with van der Waals surface area (Å²) in [6, 6.07) is 0. The number of nitrogens with one attached hydrogen (secondary N) is 1. The molecule has 0 rings (SSSR count). The standard InChI is InChI=1S/C8H14N4O/c1-3-4-7(2)8(13)10-5-6-11-12-9/h4H,3,5-6H2,1-2H3,(H,10,13). The van der Waals surface area contributed by atoms with Crippen LogP contribution in [0.2, 0.25) is 0 Å². The van der Waals surface area contributed by atoms with Crippen molar-refractivity contribution < 1.29 is 4.79 Å². The lowest BCUT2D eigenvalue weighted by molar-refractivity contribution is -0.117. The third kappa shape index (κ3) is 5.75. The summed E-state index contributed by atoms with van der Waals surface area (Å²) in [5.41, 5.74) is 8.66. The third-order valence-corrected chi connectivity index (χ3v) is 1.43. The van der Waals surface area contributed by atoms with Crippen molar-refractivity contribution in [2.24, 2.45) is 5.11 Å². The van der Waals surface area contributed by atoms with E-state index in [0.29, 0.717) is 18.7 Å². The molecule has 0 unspecified atom stereocenters. The highest BCUT2D eigenvalue weighted by Crippen LogP contribution is 1.93. The molecule has 72 valence electrons. The lowest BCUT2D eigenvalue weighted by Crippen LogP contribution is -2.26. The fourth-order valence-corrected chi connectivity index (χ4v) is 0.802. The van der Waals surface area contributed by atoms with Gasteiger partial charge in [0.2, 0.25) is 5.91 Å². The van der Waals surface area contributed by atoms with Gasteiger partial charge in [0.1, 0.15) is 0 Å². The smallest absolute Gasteiger partial charge is 0.246 e. The summed E-state index contributed by atoms with van der Waals surface area (Å²) < 4.78 is 0. The summed E-state index contributed by atoms with van der Waals surface area (Å²) in [6.07, 6.45) is 2.69. The van der Waals surface area contributed by atoms with Crippen LogP contribution < -0.4 is 5.32 Å². The van der Waals surface area contributed by atoms with Crippen LogP contribution in [0.25, 0.3) is 10.4 Å². The van der Waals surface area contributed by atoms with Crippen LogP contribution in [0.3, 0.4) is 0 Å². The Morgan fingerprint density at radius 1 is 1.69 bits per heavy atom. The average Bonchev–Trinajstić information content (AvgIpc) is 2.12. The fraction of sp³-hybridized carbons (Fsp3) is 0.625. The highest BCUT2D eigenvalue weighted by Gasteiger charge is 2.00. The summed E-state index contributed by atoms with van der Waals surface area (Å²) in [6.45, 7) is 4.41. The lowest BCUT2D eigenvalue weighted by Gasteiger charge is -2.01. The van der Waals surface area contributed by atoms with Gasteiger partial charge in [0.25, 0.3) is 0 Å². The second-order valence-corrected chi connectivity index (χ2v) is 2.51. The van der Waals surface area contributed by atoms with Crippen molar-refractivity contribution >= 4 is 5.91 Å². The first-order valence-corrected chi connectivity index (χ1v) is 4.18. The van der Waals surface area contributed by atoms with Gasteiger partial charge in [-0.15, -0.1) is 0 Å². The van der Waals surface area contributed by atoms with Crippen molar-refractivity contribution in [2.75, 3.05) is 13.1 Å². The van der Waals surface area contributed by atoms with Gasteiger partial charge in [-0.2, -0.15) is 0 Å². The molecule has 0 aromatic heterocycles. The van der Waals surface area contributed by atoms with E-state index in [4.69, 9.17) is 5.53 Å². The van der Waals surface area contributed by atoms with Crippen LogP contribution in [-0.4, -0.2) is 19.0 Å². The molecule has 0 bridgehead atoms. The zero-order valence-electron chi connectivity index (χ0n) is 7.95. The Hall–Kier alpha value is -1.48. The maximum Gasteiger partial charge on any atom is 0.246 e. The molecule has 0 aliphatic rings. The van der Waals surface area contributed by atoms with E-state index in [2.05, 4.69) is 15.3 Å². The minimum absolute atomic E-state index is 0.102. The second-order valence-electron chi connectivity index (χ2n) is 2.51. The normalized spacial score (nSPS) is 10.5. The van der Waals surface area contributed by atoms with Gasteiger partial charge >= 0.3 is 0 Å². The van der Waals surface area contributed by atoms with E-state index in [0.717, 1.165) is 6.42 Å². The summed E-state index contributed by atoms with van der Waals surface area (Å²) >= 11 is 0. The van der Waals surface area contributed by atoms with Crippen LogP contribution in [0.5, 0.6) is 0 Å². The first-order chi connectivity index (χ1) is 6.22. The summed E-state index contributed by atoms with van der Waals surface area (Å²) in [5.74, 6) is -0.102. The average molecular weight is 182 g/mol. The Balaban J connectivity index is 3.74. The Morgan fingerprint density at radius 3 is 2.92 bits per heavy atom. The first-order valence-electron chi connectivity index (χ1n) is 4.18. The van der Waals surface area contributed by atoms with E-state index in [9.17, 15) is 4.79 Å². The summed E-state index contributed by atoms with van der Waals surface area (Å²) in [5, 5.41) is 5.93. The molecule has 0 aromatic carbocycles. The van der Waals surface area contributed by atoms with Gasteiger partial charge in [-0.1, -0.05) is 18.1 Å². The molecule has 0 saturated carbocycles. The number of amides is 1. The van der Waals surface area contributed by atoms with Gasteiger partial charge in [-0.3, -0.25) is 4.79 Å². The van der Waals surface area contributed by atoms with Gasteiger partial charge in [0.05, 0.1) is 0 Å². The first kappa shape index (κ1) is 11.5. The van der Waals surface area contributed by atoms with Gasteiger partial charge in [0.15, 0.2) is 0 Å².